The molecule has 0 aliphatic carbocycles. The number of benzene rings is 2. The number of aromatic amines is 1. The van der Waals surface area contributed by atoms with Crippen LogP contribution >= 0.6 is 11.3 Å². The van der Waals surface area contributed by atoms with E-state index < -0.39 is 0 Å². The second-order valence-corrected chi connectivity index (χ2v) is 8.08. The Balaban J connectivity index is 1.44. The summed E-state index contributed by atoms with van der Waals surface area (Å²) in [6.07, 6.45) is 2.04. The molecule has 4 aromatic rings. The van der Waals surface area contributed by atoms with Gasteiger partial charge in [-0.05, 0) is 35.2 Å². The monoisotopic (exact) mass is 435 g/mol. The van der Waals surface area contributed by atoms with Gasteiger partial charge in [0.15, 0.2) is 0 Å². The molecular weight excluding hydrogens is 410 g/mol. The molecule has 1 atom stereocenters. The van der Waals surface area contributed by atoms with Gasteiger partial charge < -0.3 is 25.1 Å². The number of carbonyl (C=O) groups is 1. The molecule has 0 bridgehead atoms. The lowest BCUT2D eigenvalue weighted by Gasteiger charge is -2.17. The van der Waals surface area contributed by atoms with Crippen LogP contribution in [0, 0.1) is 0 Å². The smallest absolute Gasteiger partial charge is 0.315 e. The topological polar surface area (TPSA) is 75.4 Å². The highest BCUT2D eigenvalue weighted by atomic mass is 32.1. The van der Waals surface area contributed by atoms with Crippen LogP contribution in [0.5, 0.6) is 11.5 Å². The maximum atomic E-state index is 12.6. The highest BCUT2D eigenvalue weighted by Gasteiger charge is 2.20. The first-order valence-corrected chi connectivity index (χ1v) is 10.9. The average Bonchev–Trinajstić information content (AvgIpc) is 3.49. The number of ether oxygens (including phenoxy) is 2. The van der Waals surface area contributed by atoms with E-state index >= 15 is 0 Å². The van der Waals surface area contributed by atoms with Gasteiger partial charge in [0, 0.05) is 52.6 Å². The summed E-state index contributed by atoms with van der Waals surface area (Å²) in [6.45, 7) is 0.851. The minimum atomic E-state index is -0.223. The molecule has 160 valence electrons. The Kier molecular flexibility index (Phi) is 6.43. The minimum absolute atomic E-state index is 0.0671. The highest BCUT2D eigenvalue weighted by Crippen LogP contribution is 2.32. The number of amides is 2. The van der Waals surface area contributed by atoms with Crippen LogP contribution in [-0.2, 0) is 6.54 Å². The molecule has 2 heterocycles. The maximum Gasteiger partial charge on any atom is 0.315 e. The lowest BCUT2D eigenvalue weighted by atomic mass is 9.97. The van der Waals surface area contributed by atoms with Crippen molar-refractivity contribution in [3.05, 3.63) is 82.2 Å². The van der Waals surface area contributed by atoms with Gasteiger partial charge in [-0.3, -0.25) is 0 Å². The fraction of sp³-hybridized carbons (Fsp3) is 0.208. The predicted octanol–water partition coefficient (Wildman–Crippen LogP) is 4.88. The number of hydrogen-bond donors (Lipinski definition) is 3. The Morgan fingerprint density at radius 2 is 1.94 bits per heavy atom. The number of thiophene rings is 1. The molecule has 2 aromatic carbocycles. The van der Waals surface area contributed by atoms with E-state index in [1.165, 1.54) is 15.8 Å². The second kappa shape index (κ2) is 9.57. The van der Waals surface area contributed by atoms with Crippen LogP contribution in [0.25, 0.3) is 10.9 Å². The van der Waals surface area contributed by atoms with Crippen LogP contribution < -0.4 is 20.1 Å². The van der Waals surface area contributed by atoms with Crippen molar-refractivity contribution in [3.8, 4) is 11.5 Å². The SMILES string of the molecule is COc1ccc(CNC(=O)NCC(c2cccs2)c2c[nH]c3ccccc23)c(OC)c1. The number of para-hydroxylation sites is 1. The Labute approximate surface area is 185 Å². The number of rotatable bonds is 8. The van der Waals surface area contributed by atoms with Crippen molar-refractivity contribution in [2.75, 3.05) is 20.8 Å². The lowest BCUT2D eigenvalue weighted by molar-refractivity contribution is 0.240. The zero-order valence-electron chi connectivity index (χ0n) is 17.5. The molecule has 7 heteroatoms. The fourth-order valence-corrected chi connectivity index (χ4v) is 4.51. The van der Waals surface area contributed by atoms with Crippen molar-refractivity contribution >= 4 is 28.3 Å². The van der Waals surface area contributed by atoms with Crippen LogP contribution in [0.1, 0.15) is 21.9 Å². The summed E-state index contributed by atoms with van der Waals surface area (Å²) in [7, 11) is 3.21. The first-order valence-electron chi connectivity index (χ1n) is 10.0. The number of fused-ring (bicyclic) bond motifs is 1. The van der Waals surface area contributed by atoms with Gasteiger partial charge in [-0.25, -0.2) is 4.79 Å². The summed E-state index contributed by atoms with van der Waals surface area (Å²) in [4.78, 5) is 17.1. The van der Waals surface area contributed by atoms with E-state index in [0.29, 0.717) is 24.6 Å². The van der Waals surface area contributed by atoms with Gasteiger partial charge in [0.1, 0.15) is 11.5 Å². The van der Waals surface area contributed by atoms with Gasteiger partial charge in [-0.15, -0.1) is 11.3 Å². The lowest BCUT2D eigenvalue weighted by Crippen LogP contribution is -2.37. The quantitative estimate of drug-likeness (QED) is 0.369. The number of urea groups is 1. The molecule has 0 spiro atoms. The highest BCUT2D eigenvalue weighted by molar-refractivity contribution is 7.10. The van der Waals surface area contributed by atoms with Crippen molar-refractivity contribution in [3.63, 3.8) is 0 Å². The normalized spacial score (nSPS) is 11.8. The van der Waals surface area contributed by atoms with E-state index in [2.05, 4.69) is 39.2 Å². The molecule has 6 nitrogen and oxygen atoms in total. The van der Waals surface area contributed by atoms with Crippen LogP contribution in [-0.4, -0.2) is 31.8 Å². The van der Waals surface area contributed by atoms with E-state index in [1.54, 1.807) is 31.6 Å². The molecule has 0 radical (unpaired) electrons. The second-order valence-electron chi connectivity index (χ2n) is 7.10. The summed E-state index contributed by atoms with van der Waals surface area (Å²) in [5, 5.41) is 9.19. The first kappa shape index (κ1) is 20.8. The summed E-state index contributed by atoms with van der Waals surface area (Å²) in [5.74, 6) is 1.45. The maximum absolute atomic E-state index is 12.6. The molecular formula is C24H25N3O3S. The molecule has 2 aromatic heterocycles. The van der Waals surface area contributed by atoms with E-state index in [0.717, 1.165) is 11.1 Å². The van der Waals surface area contributed by atoms with Crippen LogP contribution in [0.15, 0.2) is 66.2 Å². The average molecular weight is 436 g/mol. The summed E-state index contributed by atoms with van der Waals surface area (Å²) in [6, 6.07) is 17.7. The van der Waals surface area contributed by atoms with Crippen molar-refractivity contribution in [1.29, 1.82) is 0 Å². The minimum Gasteiger partial charge on any atom is -0.497 e. The number of nitrogens with one attached hydrogen (secondary N) is 3. The predicted molar refractivity (Wildman–Crippen MR) is 124 cm³/mol. The van der Waals surface area contributed by atoms with Crippen molar-refractivity contribution in [2.45, 2.75) is 12.5 Å². The Bertz CT molecular complexity index is 1150. The summed E-state index contributed by atoms with van der Waals surface area (Å²) >= 11 is 1.69. The van der Waals surface area contributed by atoms with Gasteiger partial charge in [-0.2, -0.15) is 0 Å². The largest absolute Gasteiger partial charge is 0.497 e. The van der Waals surface area contributed by atoms with E-state index in [-0.39, 0.29) is 11.9 Å². The van der Waals surface area contributed by atoms with E-state index in [9.17, 15) is 4.79 Å². The fourth-order valence-electron chi connectivity index (χ4n) is 3.67. The van der Waals surface area contributed by atoms with Crippen molar-refractivity contribution in [2.24, 2.45) is 0 Å². The number of H-pyrrole nitrogens is 1. The molecule has 3 N–H and O–H groups in total. The van der Waals surface area contributed by atoms with Gasteiger partial charge in [-0.1, -0.05) is 24.3 Å². The molecule has 0 aliphatic rings. The van der Waals surface area contributed by atoms with Crippen molar-refractivity contribution in [1.82, 2.24) is 15.6 Å². The van der Waals surface area contributed by atoms with Crippen LogP contribution in [0.2, 0.25) is 0 Å². The van der Waals surface area contributed by atoms with E-state index in [1.807, 2.05) is 36.5 Å². The Morgan fingerprint density at radius 3 is 2.71 bits per heavy atom. The molecule has 4 rings (SSSR count). The molecule has 2 amide bonds. The zero-order valence-corrected chi connectivity index (χ0v) is 18.3. The Morgan fingerprint density at radius 1 is 1.06 bits per heavy atom. The standard InChI is InChI=1S/C24H25N3O3S/c1-29-17-10-9-16(22(12-17)30-2)13-26-24(28)27-15-20(23-8-5-11-31-23)19-14-25-21-7-4-3-6-18(19)21/h3-12,14,20,25H,13,15H2,1-2H3,(H2,26,27,28). The number of aromatic nitrogens is 1. The number of methoxy groups -OCH3 is 2. The zero-order chi connectivity index (χ0) is 21.6. The summed E-state index contributed by atoms with van der Waals surface area (Å²) in [5.41, 5.74) is 3.15. The third kappa shape index (κ3) is 4.67. The van der Waals surface area contributed by atoms with Gasteiger partial charge in [0.2, 0.25) is 0 Å². The molecule has 0 fully saturated rings. The molecule has 0 saturated carbocycles. The van der Waals surface area contributed by atoms with Gasteiger partial charge >= 0.3 is 6.03 Å². The van der Waals surface area contributed by atoms with Crippen LogP contribution in [0.4, 0.5) is 4.79 Å². The first-order chi connectivity index (χ1) is 15.2. The third-order valence-electron chi connectivity index (χ3n) is 5.28. The third-order valence-corrected chi connectivity index (χ3v) is 6.27. The molecule has 31 heavy (non-hydrogen) atoms. The molecule has 0 saturated heterocycles. The van der Waals surface area contributed by atoms with E-state index in [4.69, 9.17) is 9.47 Å². The van der Waals surface area contributed by atoms with Crippen molar-refractivity contribution < 1.29 is 14.3 Å². The molecule has 1 unspecified atom stereocenters. The van der Waals surface area contributed by atoms with Gasteiger partial charge in [0.25, 0.3) is 0 Å². The molecule has 0 aliphatic heterocycles. The number of carbonyl (C=O) groups excluding carboxylic acids is 1. The summed E-state index contributed by atoms with van der Waals surface area (Å²) < 4.78 is 10.6. The van der Waals surface area contributed by atoms with Crippen LogP contribution in [0.3, 0.4) is 0 Å². The number of hydrogen-bond acceptors (Lipinski definition) is 4. The Hall–Kier alpha value is -3.45. The van der Waals surface area contributed by atoms with Gasteiger partial charge in [0.05, 0.1) is 14.2 Å².